The average Bonchev–Trinajstić information content (AvgIpc) is 2.72. The van der Waals surface area contributed by atoms with Gasteiger partial charge in [-0.1, -0.05) is 0 Å². The van der Waals surface area contributed by atoms with E-state index in [4.69, 9.17) is 10.2 Å². The van der Waals surface area contributed by atoms with Crippen LogP contribution in [0.25, 0.3) is 11.2 Å². The Bertz CT molecular complexity index is 619. The van der Waals surface area contributed by atoms with Gasteiger partial charge in [-0.2, -0.15) is 4.98 Å². The van der Waals surface area contributed by atoms with E-state index in [2.05, 4.69) is 19.9 Å². The van der Waals surface area contributed by atoms with Gasteiger partial charge >= 0.3 is 5.76 Å². The first-order valence-corrected chi connectivity index (χ1v) is 5.94. The molecule has 3 rings (SSSR count). The van der Waals surface area contributed by atoms with E-state index in [1.165, 1.54) is 6.33 Å². The van der Waals surface area contributed by atoms with Crippen molar-refractivity contribution in [2.24, 2.45) is 5.73 Å². The quantitative estimate of drug-likeness (QED) is 0.738. The molecule has 2 aromatic heterocycles. The molecule has 0 bridgehead atoms. The number of fused-ring (bicyclic) bond motifs is 1. The lowest BCUT2D eigenvalue weighted by molar-refractivity contribution is 0.169. The molecule has 0 aromatic carbocycles. The van der Waals surface area contributed by atoms with E-state index in [0.29, 0.717) is 11.2 Å². The number of nitrogens with one attached hydrogen (secondary N) is 1. The first-order chi connectivity index (χ1) is 8.65. The zero-order valence-corrected chi connectivity index (χ0v) is 10.1. The zero-order chi connectivity index (χ0) is 12.7. The lowest BCUT2D eigenvalue weighted by Gasteiger charge is -2.35. The third-order valence-electron chi connectivity index (χ3n) is 3.48. The molecular weight excluding hydrogens is 234 g/mol. The van der Waals surface area contributed by atoms with Gasteiger partial charge in [0.2, 0.25) is 0 Å². The molecule has 1 aliphatic heterocycles. The van der Waals surface area contributed by atoms with Crippen LogP contribution in [-0.2, 0) is 0 Å². The van der Waals surface area contributed by atoms with Crippen LogP contribution < -0.4 is 11.5 Å². The Balaban J connectivity index is 2.10. The summed E-state index contributed by atoms with van der Waals surface area (Å²) in [5.74, 6) is -0.505. The largest absolute Gasteiger partial charge is 0.418 e. The SMILES string of the molecule is CN1CCC(N)CC1c1ncnc2oc(=O)[nH]c12. The molecule has 0 saturated carbocycles. The summed E-state index contributed by atoms with van der Waals surface area (Å²) in [6, 6.07) is 0.252. The number of nitrogens with zero attached hydrogens (tertiary/aromatic N) is 3. The van der Waals surface area contributed by atoms with Gasteiger partial charge in [-0.15, -0.1) is 0 Å². The first-order valence-electron chi connectivity index (χ1n) is 5.94. The number of aromatic amines is 1. The monoisotopic (exact) mass is 249 g/mol. The minimum atomic E-state index is -0.505. The second-order valence-electron chi connectivity index (χ2n) is 4.73. The number of H-pyrrole nitrogens is 1. The lowest BCUT2D eigenvalue weighted by atomic mass is 9.95. The zero-order valence-electron chi connectivity index (χ0n) is 10.1. The number of likely N-dealkylation sites (tertiary alicyclic amines) is 1. The number of oxazole rings is 1. The molecule has 3 N–H and O–H groups in total. The molecule has 7 heteroatoms. The van der Waals surface area contributed by atoms with Gasteiger partial charge in [-0.05, 0) is 26.4 Å². The van der Waals surface area contributed by atoms with Crippen LogP contribution in [0.1, 0.15) is 24.6 Å². The Hall–Kier alpha value is -1.73. The van der Waals surface area contributed by atoms with Crippen LogP contribution in [0.3, 0.4) is 0 Å². The summed E-state index contributed by atoms with van der Waals surface area (Å²) in [6.45, 7) is 0.916. The molecule has 2 unspecified atom stereocenters. The van der Waals surface area contributed by atoms with Crippen molar-refractivity contribution in [3.05, 3.63) is 22.6 Å². The van der Waals surface area contributed by atoms with Gasteiger partial charge in [0.1, 0.15) is 11.8 Å². The van der Waals surface area contributed by atoms with Crippen molar-refractivity contribution in [3.8, 4) is 0 Å². The molecule has 0 aliphatic carbocycles. The number of nitrogens with two attached hydrogens (primary N) is 1. The second-order valence-corrected chi connectivity index (χ2v) is 4.73. The van der Waals surface area contributed by atoms with Crippen LogP contribution in [0.5, 0.6) is 0 Å². The molecule has 2 aromatic rings. The van der Waals surface area contributed by atoms with Crippen molar-refractivity contribution in [2.45, 2.75) is 24.9 Å². The van der Waals surface area contributed by atoms with Crippen molar-refractivity contribution in [1.29, 1.82) is 0 Å². The first kappa shape index (κ1) is 11.4. The molecular formula is C11H15N5O2. The molecule has 1 fully saturated rings. The summed E-state index contributed by atoms with van der Waals surface area (Å²) < 4.78 is 4.95. The third-order valence-corrected chi connectivity index (χ3v) is 3.48. The molecule has 3 heterocycles. The number of piperidine rings is 1. The van der Waals surface area contributed by atoms with Crippen molar-refractivity contribution in [1.82, 2.24) is 19.9 Å². The van der Waals surface area contributed by atoms with E-state index >= 15 is 0 Å². The number of aromatic nitrogens is 3. The number of rotatable bonds is 1. The predicted octanol–water partition coefficient (Wildman–Crippen LogP) is 0.00510. The molecule has 0 amide bonds. The molecule has 18 heavy (non-hydrogen) atoms. The molecule has 0 radical (unpaired) electrons. The highest BCUT2D eigenvalue weighted by molar-refractivity contribution is 5.70. The maximum atomic E-state index is 11.2. The summed E-state index contributed by atoms with van der Waals surface area (Å²) in [7, 11) is 2.03. The molecule has 1 saturated heterocycles. The van der Waals surface area contributed by atoms with E-state index in [0.717, 1.165) is 25.1 Å². The maximum Gasteiger partial charge on any atom is 0.418 e. The number of hydrogen-bond acceptors (Lipinski definition) is 6. The van der Waals surface area contributed by atoms with E-state index < -0.39 is 5.76 Å². The van der Waals surface area contributed by atoms with E-state index in [1.54, 1.807) is 0 Å². The van der Waals surface area contributed by atoms with Crippen LogP contribution in [-0.4, -0.2) is 39.5 Å². The van der Waals surface area contributed by atoms with Gasteiger partial charge in [0.05, 0.1) is 11.7 Å². The van der Waals surface area contributed by atoms with Gasteiger partial charge in [0.25, 0.3) is 5.71 Å². The summed E-state index contributed by atoms with van der Waals surface area (Å²) in [5.41, 5.74) is 7.67. The van der Waals surface area contributed by atoms with Gasteiger partial charge in [0.15, 0.2) is 0 Å². The third kappa shape index (κ3) is 1.81. The lowest BCUT2D eigenvalue weighted by Crippen LogP contribution is -2.40. The molecule has 0 spiro atoms. The van der Waals surface area contributed by atoms with E-state index in [-0.39, 0.29) is 12.1 Å². The molecule has 1 aliphatic rings. The fourth-order valence-electron chi connectivity index (χ4n) is 2.48. The van der Waals surface area contributed by atoms with Gasteiger partial charge in [-0.3, -0.25) is 9.88 Å². The minimum Gasteiger partial charge on any atom is -0.389 e. The highest BCUT2D eigenvalue weighted by Gasteiger charge is 2.28. The Morgan fingerprint density at radius 3 is 3.22 bits per heavy atom. The van der Waals surface area contributed by atoms with Crippen molar-refractivity contribution < 1.29 is 4.42 Å². The van der Waals surface area contributed by atoms with E-state index in [1.807, 2.05) is 7.05 Å². The van der Waals surface area contributed by atoms with Crippen molar-refractivity contribution in [3.63, 3.8) is 0 Å². The topological polar surface area (TPSA) is 101 Å². The second kappa shape index (κ2) is 4.18. The van der Waals surface area contributed by atoms with Crippen molar-refractivity contribution in [2.75, 3.05) is 13.6 Å². The Kier molecular flexibility index (Phi) is 2.64. The average molecular weight is 249 g/mol. The highest BCUT2D eigenvalue weighted by atomic mass is 16.4. The number of hydrogen-bond donors (Lipinski definition) is 2. The molecule has 7 nitrogen and oxygen atoms in total. The van der Waals surface area contributed by atoms with Crippen LogP contribution in [0.15, 0.2) is 15.5 Å². The summed E-state index contributed by atoms with van der Waals surface area (Å²) in [6.07, 6.45) is 3.21. The Labute approximate surface area is 103 Å². The fourth-order valence-corrected chi connectivity index (χ4v) is 2.48. The fraction of sp³-hybridized carbons (Fsp3) is 0.545. The van der Waals surface area contributed by atoms with Crippen LogP contribution in [0.4, 0.5) is 0 Å². The Morgan fingerprint density at radius 2 is 2.39 bits per heavy atom. The van der Waals surface area contributed by atoms with Crippen LogP contribution in [0, 0.1) is 0 Å². The molecule has 96 valence electrons. The smallest absolute Gasteiger partial charge is 0.389 e. The van der Waals surface area contributed by atoms with Gasteiger partial charge in [-0.25, -0.2) is 9.78 Å². The van der Waals surface area contributed by atoms with E-state index in [9.17, 15) is 4.79 Å². The van der Waals surface area contributed by atoms with Crippen molar-refractivity contribution >= 4 is 11.2 Å². The normalized spacial score (nSPS) is 25.7. The van der Waals surface area contributed by atoms with Gasteiger partial charge in [0, 0.05) is 6.04 Å². The predicted molar refractivity (Wildman–Crippen MR) is 65.0 cm³/mol. The van der Waals surface area contributed by atoms with Gasteiger partial charge < -0.3 is 10.2 Å². The summed E-state index contributed by atoms with van der Waals surface area (Å²) in [5, 5.41) is 0. The Morgan fingerprint density at radius 1 is 1.56 bits per heavy atom. The minimum absolute atomic E-state index is 0.0903. The summed E-state index contributed by atoms with van der Waals surface area (Å²) in [4.78, 5) is 24.3. The maximum absolute atomic E-state index is 11.2. The summed E-state index contributed by atoms with van der Waals surface area (Å²) >= 11 is 0. The van der Waals surface area contributed by atoms with Crippen LogP contribution in [0.2, 0.25) is 0 Å². The highest BCUT2D eigenvalue weighted by Crippen LogP contribution is 2.30. The standard InChI is InChI=1S/C11H15N5O2/c1-16-3-2-6(12)4-7(16)8-9-10(14-5-13-8)18-11(17)15-9/h5-7H,2-4,12H2,1H3,(H,15,17). The molecule has 2 atom stereocenters. The van der Waals surface area contributed by atoms with Crippen LogP contribution >= 0.6 is 0 Å².